The summed E-state index contributed by atoms with van der Waals surface area (Å²) in [7, 11) is 0. The zero-order valence-electron chi connectivity index (χ0n) is 9.13. The van der Waals surface area contributed by atoms with E-state index >= 15 is 0 Å². The minimum atomic E-state index is -0.0212. The lowest BCUT2D eigenvalue weighted by Gasteiger charge is -2.23. The highest BCUT2D eigenvalue weighted by molar-refractivity contribution is 5.88. The van der Waals surface area contributed by atoms with Crippen LogP contribution in [0.3, 0.4) is 0 Å². The van der Waals surface area contributed by atoms with Crippen molar-refractivity contribution in [1.82, 2.24) is 5.32 Å². The van der Waals surface area contributed by atoms with Gasteiger partial charge in [0.15, 0.2) is 0 Å². The third-order valence-electron chi connectivity index (χ3n) is 2.69. The summed E-state index contributed by atoms with van der Waals surface area (Å²) in [6.07, 6.45) is 1.07. The predicted molar refractivity (Wildman–Crippen MR) is 60.8 cm³/mol. The summed E-state index contributed by atoms with van der Waals surface area (Å²) < 4.78 is 0. The monoisotopic (exact) mass is 204 g/mol. The Morgan fingerprint density at radius 2 is 2.27 bits per heavy atom. The molecule has 3 nitrogen and oxygen atoms in total. The first-order chi connectivity index (χ1) is 7.15. The van der Waals surface area contributed by atoms with Crippen LogP contribution in [0.25, 0.3) is 0 Å². The van der Waals surface area contributed by atoms with Gasteiger partial charge in [-0.05, 0) is 36.6 Å². The number of nitrogens with one attached hydrogen (secondary N) is 2. The Balaban J connectivity index is 2.23. The van der Waals surface area contributed by atoms with Gasteiger partial charge in [0.2, 0.25) is 5.91 Å². The van der Waals surface area contributed by atoms with Crippen LogP contribution in [0.5, 0.6) is 0 Å². The Hall–Kier alpha value is -1.35. The summed E-state index contributed by atoms with van der Waals surface area (Å²) in [6, 6.07) is 6.68. The Labute approximate surface area is 89.9 Å². The molecular weight excluding hydrogens is 188 g/mol. The Morgan fingerprint density at radius 1 is 1.47 bits per heavy atom. The lowest BCUT2D eigenvalue weighted by Crippen LogP contribution is -2.32. The molecule has 1 aromatic rings. The molecule has 0 saturated heterocycles. The largest absolute Gasteiger partial charge is 0.326 e. The minimum Gasteiger partial charge on any atom is -0.326 e. The molecule has 2 N–H and O–H groups in total. The van der Waals surface area contributed by atoms with E-state index in [0.29, 0.717) is 6.04 Å². The molecule has 1 unspecified atom stereocenters. The SMILES string of the molecule is CC(=O)Nc1ccc2c(c1)CNC(C)C2. The Kier molecular flexibility index (Phi) is 2.73. The van der Waals surface area contributed by atoms with Crippen molar-refractivity contribution in [2.75, 3.05) is 5.32 Å². The molecule has 0 aliphatic carbocycles. The zero-order valence-corrected chi connectivity index (χ0v) is 9.13. The van der Waals surface area contributed by atoms with Gasteiger partial charge in [-0.3, -0.25) is 4.79 Å². The van der Waals surface area contributed by atoms with Crippen molar-refractivity contribution >= 4 is 11.6 Å². The van der Waals surface area contributed by atoms with Crippen molar-refractivity contribution in [3.63, 3.8) is 0 Å². The summed E-state index contributed by atoms with van der Waals surface area (Å²) in [5.74, 6) is -0.0212. The van der Waals surface area contributed by atoms with E-state index in [4.69, 9.17) is 0 Å². The molecule has 0 radical (unpaired) electrons. The molecule has 0 fully saturated rings. The molecule has 0 spiro atoms. The van der Waals surface area contributed by atoms with Crippen LogP contribution < -0.4 is 10.6 Å². The van der Waals surface area contributed by atoms with Crippen LogP contribution in [0.15, 0.2) is 18.2 Å². The van der Waals surface area contributed by atoms with Crippen LogP contribution in [-0.2, 0) is 17.8 Å². The van der Waals surface area contributed by atoms with Gasteiger partial charge in [-0.25, -0.2) is 0 Å². The fourth-order valence-electron chi connectivity index (χ4n) is 1.96. The maximum atomic E-state index is 10.9. The summed E-state index contributed by atoms with van der Waals surface area (Å²) in [4.78, 5) is 10.9. The zero-order chi connectivity index (χ0) is 10.8. The summed E-state index contributed by atoms with van der Waals surface area (Å²) in [5, 5.41) is 6.21. The van der Waals surface area contributed by atoms with Gasteiger partial charge in [-0.15, -0.1) is 0 Å². The average molecular weight is 204 g/mol. The summed E-state index contributed by atoms with van der Waals surface area (Å²) >= 11 is 0. The van der Waals surface area contributed by atoms with Crippen LogP contribution in [0, 0.1) is 0 Å². The van der Waals surface area contributed by atoms with Crippen LogP contribution in [-0.4, -0.2) is 11.9 Å². The molecule has 0 bridgehead atoms. The molecule has 1 atom stereocenters. The Morgan fingerprint density at radius 3 is 3.00 bits per heavy atom. The number of hydrogen-bond acceptors (Lipinski definition) is 2. The highest BCUT2D eigenvalue weighted by atomic mass is 16.1. The van der Waals surface area contributed by atoms with Gasteiger partial charge < -0.3 is 10.6 Å². The molecule has 0 saturated carbocycles. The molecule has 3 heteroatoms. The van der Waals surface area contributed by atoms with E-state index in [9.17, 15) is 4.79 Å². The van der Waals surface area contributed by atoms with Crippen LogP contribution in [0.4, 0.5) is 5.69 Å². The van der Waals surface area contributed by atoms with Crippen molar-refractivity contribution in [3.05, 3.63) is 29.3 Å². The fourth-order valence-corrected chi connectivity index (χ4v) is 1.96. The number of rotatable bonds is 1. The van der Waals surface area contributed by atoms with E-state index in [0.717, 1.165) is 18.7 Å². The fraction of sp³-hybridized carbons (Fsp3) is 0.417. The molecule has 0 aromatic heterocycles. The average Bonchev–Trinajstić information content (AvgIpc) is 2.17. The van der Waals surface area contributed by atoms with Gasteiger partial charge in [-0.1, -0.05) is 6.07 Å². The molecule has 1 aliphatic rings. The lowest BCUT2D eigenvalue weighted by molar-refractivity contribution is -0.114. The number of fused-ring (bicyclic) bond motifs is 1. The van der Waals surface area contributed by atoms with Gasteiger partial charge in [0.25, 0.3) is 0 Å². The standard InChI is InChI=1S/C12H16N2O/c1-8-5-10-3-4-12(14-9(2)15)6-11(10)7-13-8/h3-4,6,8,13H,5,7H2,1-2H3,(H,14,15). The number of hydrogen-bond donors (Lipinski definition) is 2. The summed E-state index contributed by atoms with van der Waals surface area (Å²) in [5.41, 5.74) is 3.56. The number of anilines is 1. The first-order valence-corrected chi connectivity index (χ1v) is 5.28. The van der Waals surface area contributed by atoms with Crippen molar-refractivity contribution < 1.29 is 4.79 Å². The third kappa shape index (κ3) is 2.36. The molecule has 1 amide bonds. The van der Waals surface area contributed by atoms with Gasteiger partial charge in [0.05, 0.1) is 0 Å². The van der Waals surface area contributed by atoms with Gasteiger partial charge in [0.1, 0.15) is 0 Å². The van der Waals surface area contributed by atoms with E-state index in [-0.39, 0.29) is 5.91 Å². The minimum absolute atomic E-state index is 0.0212. The Bertz CT molecular complexity index is 387. The summed E-state index contributed by atoms with van der Waals surface area (Å²) in [6.45, 7) is 4.61. The van der Waals surface area contributed by atoms with Crippen LogP contribution in [0.1, 0.15) is 25.0 Å². The van der Waals surface area contributed by atoms with Crippen LogP contribution in [0.2, 0.25) is 0 Å². The topological polar surface area (TPSA) is 41.1 Å². The van der Waals surface area contributed by atoms with Gasteiger partial charge in [-0.2, -0.15) is 0 Å². The van der Waals surface area contributed by atoms with Crippen molar-refractivity contribution in [2.24, 2.45) is 0 Å². The second-order valence-corrected chi connectivity index (χ2v) is 4.15. The van der Waals surface area contributed by atoms with E-state index in [1.54, 1.807) is 0 Å². The maximum absolute atomic E-state index is 10.9. The van der Waals surface area contributed by atoms with Gasteiger partial charge >= 0.3 is 0 Å². The first-order valence-electron chi connectivity index (χ1n) is 5.28. The molecule has 1 aromatic carbocycles. The molecule has 80 valence electrons. The van der Waals surface area contributed by atoms with Gasteiger partial charge in [0, 0.05) is 25.2 Å². The molecule has 15 heavy (non-hydrogen) atoms. The molecule has 1 heterocycles. The quantitative estimate of drug-likeness (QED) is 0.730. The normalized spacial score (nSPS) is 19.5. The highest BCUT2D eigenvalue weighted by Crippen LogP contribution is 2.20. The van der Waals surface area contributed by atoms with E-state index in [1.807, 2.05) is 6.07 Å². The number of carbonyl (C=O) groups is 1. The molecule has 1 aliphatic heterocycles. The number of benzene rings is 1. The van der Waals surface area contributed by atoms with Crippen LogP contribution >= 0.6 is 0 Å². The van der Waals surface area contributed by atoms with Crippen molar-refractivity contribution in [1.29, 1.82) is 0 Å². The maximum Gasteiger partial charge on any atom is 0.221 e. The third-order valence-corrected chi connectivity index (χ3v) is 2.69. The second kappa shape index (κ2) is 4.03. The smallest absolute Gasteiger partial charge is 0.221 e. The number of carbonyl (C=O) groups excluding carboxylic acids is 1. The van der Waals surface area contributed by atoms with E-state index in [1.165, 1.54) is 18.1 Å². The van der Waals surface area contributed by atoms with Crippen molar-refractivity contribution in [2.45, 2.75) is 32.9 Å². The lowest BCUT2D eigenvalue weighted by atomic mass is 9.96. The predicted octanol–water partition coefficient (Wildman–Crippen LogP) is 1.68. The molecule has 2 rings (SSSR count). The number of amides is 1. The van der Waals surface area contributed by atoms with E-state index < -0.39 is 0 Å². The molecular formula is C12H16N2O. The van der Waals surface area contributed by atoms with E-state index in [2.05, 4.69) is 29.7 Å². The van der Waals surface area contributed by atoms with Crippen molar-refractivity contribution in [3.8, 4) is 0 Å². The highest BCUT2D eigenvalue weighted by Gasteiger charge is 2.14. The first kappa shape index (κ1) is 10.2. The second-order valence-electron chi connectivity index (χ2n) is 4.15.